The molecule has 1 N–H and O–H groups in total. The lowest BCUT2D eigenvalue weighted by molar-refractivity contribution is -0.143. The minimum atomic E-state index is -0.603. The Morgan fingerprint density at radius 2 is 1.70 bits per heavy atom. The van der Waals surface area contributed by atoms with Crippen molar-refractivity contribution >= 4 is 40.9 Å². The first-order valence-electron chi connectivity index (χ1n) is 7.29. The van der Waals surface area contributed by atoms with Crippen LogP contribution >= 0.6 is 23.2 Å². The standard InChI is InChI=1S/C16H12Cl2N2O3/c17-9-3-4-10(11(18)6-9)14(21)19-20-15(22)12-7-1-2-8(5-7)13(12)16(20)23/h1-4,6-8,12-13H,5H2,(H,19,21)/t7?,8?,12-,13+. The molecule has 23 heavy (non-hydrogen) atoms. The summed E-state index contributed by atoms with van der Waals surface area (Å²) in [5, 5.41) is 1.42. The minimum absolute atomic E-state index is 0.0995. The number of imide groups is 1. The molecule has 1 aromatic carbocycles. The van der Waals surface area contributed by atoms with Crippen molar-refractivity contribution in [3.8, 4) is 0 Å². The van der Waals surface area contributed by atoms with E-state index in [1.165, 1.54) is 18.2 Å². The molecule has 2 unspecified atom stereocenters. The third-order valence-electron chi connectivity index (χ3n) is 4.86. The van der Waals surface area contributed by atoms with Crippen molar-refractivity contribution in [3.05, 3.63) is 46.0 Å². The number of amides is 3. The van der Waals surface area contributed by atoms with Crippen molar-refractivity contribution in [2.24, 2.45) is 23.7 Å². The molecule has 5 nitrogen and oxygen atoms in total. The number of hydrogen-bond acceptors (Lipinski definition) is 3. The van der Waals surface area contributed by atoms with Gasteiger partial charge in [-0.15, -0.1) is 0 Å². The summed E-state index contributed by atoms with van der Waals surface area (Å²) in [5.41, 5.74) is 2.55. The van der Waals surface area contributed by atoms with Gasteiger partial charge in [0.1, 0.15) is 0 Å². The predicted octanol–water partition coefficient (Wildman–Crippen LogP) is 2.45. The van der Waals surface area contributed by atoms with E-state index in [2.05, 4.69) is 5.43 Å². The summed E-state index contributed by atoms with van der Waals surface area (Å²) in [4.78, 5) is 37.3. The number of hydrazine groups is 1. The molecule has 0 aromatic heterocycles. The molecule has 4 atom stereocenters. The van der Waals surface area contributed by atoms with Gasteiger partial charge in [-0.2, -0.15) is 5.01 Å². The lowest BCUT2D eigenvalue weighted by Gasteiger charge is -2.18. The molecule has 1 saturated carbocycles. The first-order valence-corrected chi connectivity index (χ1v) is 8.05. The molecular weight excluding hydrogens is 339 g/mol. The van der Waals surface area contributed by atoms with E-state index < -0.39 is 5.91 Å². The van der Waals surface area contributed by atoms with Crippen LogP contribution in [0.3, 0.4) is 0 Å². The maximum atomic E-state index is 12.5. The lowest BCUT2D eigenvalue weighted by atomic mass is 9.85. The van der Waals surface area contributed by atoms with Crippen LogP contribution in [0.4, 0.5) is 0 Å². The normalized spacial score (nSPS) is 31.0. The molecule has 1 saturated heterocycles. The van der Waals surface area contributed by atoms with E-state index in [1.54, 1.807) is 0 Å². The number of nitrogens with zero attached hydrogens (tertiary/aromatic N) is 1. The van der Waals surface area contributed by atoms with Crippen LogP contribution in [0, 0.1) is 23.7 Å². The highest BCUT2D eigenvalue weighted by Crippen LogP contribution is 2.52. The van der Waals surface area contributed by atoms with Crippen LogP contribution in [0.1, 0.15) is 16.8 Å². The van der Waals surface area contributed by atoms with Crippen LogP contribution in [0.2, 0.25) is 10.0 Å². The number of rotatable bonds is 2. The number of benzene rings is 1. The highest BCUT2D eigenvalue weighted by molar-refractivity contribution is 6.36. The third-order valence-corrected chi connectivity index (χ3v) is 5.41. The number of carbonyl (C=O) groups excluding carboxylic acids is 3. The average Bonchev–Trinajstić information content (AvgIpc) is 3.17. The molecule has 1 aromatic rings. The van der Waals surface area contributed by atoms with E-state index >= 15 is 0 Å². The van der Waals surface area contributed by atoms with E-state index in [1.807, 2.05) is 12.2 Å². The summed E-state index contributed by atoms with van der Waals surface area (Å²) in [7, 11) is 0. The van der Waals surface area contributed by atoms with Crippen molar-refractivity contribution in [2.45, 2.75) is 6.42 Å². The summed E-state index contributed by atoms with van der Waals surface area (Å²) >= 11 is 11.8. The Kier molecular flexibility index (Phi) is 3.25. The zero-order chi connectivity index (χ0) is 16.3. The first-order chi connectivity index (χ1) is 11.0. The van der Waals surface area contributed by atoms with Gasteiger partial charge in [-0.25, -0.2) is 0 Å². The topological polar surface area (TPSA) is 66.5 Å². The Morgan fingerprint density at radius 3 is 2.26 bits per heavy atom. The molecule has 3 amide bonds. The summed E-state index contributed by atoms with van der Waals surface area (Å²) in [5.74, 6) is -1.78. The molecular formula is C16H12Cl2N2O3. The number of halogens is 2. The SMILES string of the molecule is O=C(NN1C(=O)[C@@H]2C3C=CC(C3)[C@@H]2C1=O)c1ccc(Cl)cc1Cl. The Bertz CT molecular complexity index is 747. The highest BCUT2D eigenvalue weighted by atomic mass is 35.5. The van der Waals surface area contributed by atoms with Gasteiger partial charge in [-0.1, -0.05) is 35.4 Å². The van der Waals surface area contributed by atoms with Gasteiger partial charge >= 0.3 is 0 Å². The van der Waals surface area contributed by atoms with Gasteiger partial charge in [0.2, 0.25) is 0 Å². The van der Waals surface area contributed by atoms with Crippen LogP contribution in [0.5, 0.6) is 0 Å². The van der Waals surface area contributed by atoms with Crippen molar-refractivity contribution in [1.29, 1.82) is 0 Å². The van der Waals surface area contributed by atoms with Gasteiger partial charge in [0, 0.05) is 5.02 Å². The van der Waals surface area contributed by atoms with E-state index in [0.717, 1.165) is 11.4 Å². The van der Waals surface area contributed by atoms with Crippen molar-refractivity contribution in [2.75, 3.05) is 0 Å². The third kappa shape index (κ3) is 2.11. The summed E-state index contributed by atoms with van der Waals surface area (Å²) in [6.07, 6.45) is 4.84. The molecule has 1 aliphatic heterocycles. The molecule has 7 heteroatoms. The minimum Gasteiger partial charge on any atom is -0.272 e. The van der Waals surface area contributed by atoms with E-state index in [-0.39, 0.29) is 46.1 Å². The molecule has 1 heterocycles. The van der Waals surface area contributed by atoms with Crippen LogP contribution < -0.4 is 5.43 Å². The van der Waals surface area contributed by atoms with Crippen LogP contribution in [0.15, 0.2) is 30.4 Å². The fourth-order valence-corrected chi connectivity index (χ4v) is 4.34. The quantitative estimate of drug-likeness (QED) is 0.658. The zero-order valence-corrected chi connectivity index (χ0v) is 13.3. The number of carbonyl (C=O) groups is 3. The average molecular weight is 351 g/mol. The molecule has 0 spiro atoms. The van der Waals surface area contributed by atoms with Crippen molar-refractivity contribution < 1.29 is 14.4 Å². The number of nitrogens with one attached hydrogen (secondary N) is 1. The van der Waals surface area contributed by atoms with Gasteiger partial charge in [0.15, 0.2) is 0 Å². The maximum Gasteiger partial charge on any atom is 0.271 e. The van der Waals surface area contributed by atoms with E-state index in [9.17, 15) is 14.4 Å². The fraction of sp³-hybridized carbons (Fsp3) is 0.312. The molecule has 2 aliphatic carbocycles. The fourth-order valence-electron chi connectivity index (χ4n) is 3.85. The van der Waals surface area contributed by atoms with Crippen LogP contribution in [-0.4, -0.2) is 22.7 Å². The van der Waals surface area contributed by atoms with Crippen molar-refractivity contribution in [1.82, 2.24) is 10.4 Å². The zero-order valence-electron chi connectivity index (χ0n) is 11.8. The largest absolute Gasteiger partial charge is 0.272 e. The second-order valence-electron chi connectivity index (χ2n) is 6.08. The van der Waals surface area contributed by atoms with Gasteiger partial charge in [0.25, 0.3) is 17.7 Å². The summed E-state index contributed by atoms with van der Waals surface area (Å²) in [6.45, 7) is 0. The van der Waals surface area contributed by atoms with Gasteiger partial charge in [-0.05, 0) is 36.5 Å². The molecule has 4 rings (SSSR count). The monoisotopic (exact) mass is 350 g/mol. The van der Waals surface area contributed by atoms with E-state index in [4.69, 9.17) is 23.2 Å². The molecule has 2 fully saturated rings. The van der Waals surface area contributed by atoms with Gasteiger partial charge in [-0.3, -0.25) is 19.8 Å². The number of allylic oxidation sites excluding steroid dienone is 2. The Hall–Kier alpha value is -1.85. The highest BCUT2D eigenvalue weighted by Gasteiger charge is 2.59. The summed E-state index contributed by atoms with van der Waals surface area (Å²) in [6, 6.07) is 4.41. The summed E-state index contributed by atoms with van der Waals surface area (Å²) < 4.78 is 0. The van der Waals surface area contributed by atoms with Crippen molar-refractivity contribution in [3.63, 3.8) is 0 Å². The Morgan fingerprint density at radius 1 is 1.09 bits per heavy atom. The maximum absolute atomic E-state index is 12.5. The van der Waals surface area contributed by atoms with Gasteiger partial charge < -0.3 is 0 Å². The van der Waals surface area contributed by atoms with Gasteiger partial charge in [0.05, 0.1) is 22.4 Å². The second-order valence-corrected chi connectivity index (χ2v) is 6.92. The lowest BCUT2D eigenvalue weighted by Crippen LogP contribution is -2.47. The Labute approximate surface area is 142 Å². The number of fused-ring (bicyclic) bond motifs is 5. The van der Waals surface area contributed by atoms with Crippen LogP contribution in [-0.2, 0) is 9.59 Å². The van der Waals surface area contributed by atoms with E-state index in [0.29, 0.717) is 5.02 Å². The molecule has 118 valence electrons. The molecule has 3 aliphatic rings. The second kappa shape index (κ2) is 5.08. The first kappa shape index (κ1) is 14.7. The Balaban J connectivity index is 1.57. The number of hydrogen-bond donors (Lipinski definition) is 1. The smallest absolute Gasteiger partial charge is 0.271 e. The predicted molar refractivity (Wildman–Crippen MR) is 83.5 cm³/mol. The van der Waals surface area contributed by atoms with Crippen LogP contribution in [0.25, 0.3) is 0 Å². The molecule has 0 radical (unpaired) electrons. The molecule has 2 bridgehead atoms.